The number of nitrogens with zero attached hydrogens (tertiary/aromatic N) is 1. The summed E-state index contributed by atoms with van der Waals surface area (Å²) in [6.07, 6.45) is 1.46. The van der Waals surface area contributed by atoms with Gasteiger partial charge >= 0.3 is 0 Å². The number of likely N-dealkylation sites (N-methyl/N-ethyl adjacent to an activating group) is 1. The van der Waals surface area contributed by atoms with Gasteiger partial charge in [0.15, 0.2) is 0 Å². The number of hydrogen-bond acceptors (Lipinski definition) is 3. The molecule has 0 aliphatic carbocycles. The summed E-state index contributed by atoms with van der Waals surface area (Å²) in [5, 5.41) is 2.51. The van der Waals surface area contributed by atoms with Crippen LogP contribution in [-0.4, -0.2) is 42.9 Å². The Morgan fingerprint density at radius 3 is 2.35 bits per heavy atom. The highest BCUT2D eigenvalue weighted by molar-refractivity contribution is 5.87. The molecule has 0 aliphatic heterocycles. The van der Waals surface area contributed by atoms with E-state index in [-0.39, 0.29) is 18.4 Å². The third kappa shape index (κ3) is 6.26. The SMILES string of the molecule is CCCN(CC(=O)NC)C(=O)C(N)CC(C)C. The van der Waals surface area contributed by atoms with E-state index >= 15 is 0 Å². The Morgan fingerprint density at radius 2 is 1.94 bits per heavy atom. The van der Waals surface area contributed by atoms with Gasteiger partial charge in [-0.3, -0.25) is 9.59 Å². The molecule has 0 spiro atoms. The first-order chi connectivity index (χ1) is 7.92. The summed E-state index contributed by atoms with van der Waals surface area (Å²) in [6.45, 7) is 6.68. The lowest BCUT2D eigenvalue weighted by Gasteiger charge is -2.25. The number of hydrogen-bond donors (Lipinski definition) is 2. The third-order valence-corrected chi connectivity index (χ3v) is 2.46. The molecular formula is C12H25N3O2. The summed E-state index contributed by atoms with van der Waals surface area (Å²) >= 11 is 0. The molecule has 3 N–H and O–H groups in total. The van der Waals surface area contributed by atoms with Gasteiger partial charge in [-0.2, -0.15) is 0 Å². The second-order valence-electron chi connectivity index (χ2n) is 4.67. The van der Waals surface area contributed by atoms with Crippen LogP contribution in [0.2, 0.25) is 0 Å². The van der Waals surface area contributed by atoms with E-state index in [1.165, 1.54) is 4.90 Å². The molecular weight excluding hydrogens is 218 g/mol. The molecule has 0 rings (SSSR count). The average Bonchev–Trinajstić information content (AvgIpc) is 2.26. The van der Waals surface area contributed by atoms with Crippen LogP contribution in [0, 0.1) is 5.92 Å². The number of nitrogens with one attached hydrogen (secondary N) is 1. The second-order valence-corrected chi connectivity index (χ2v) is 4.67. The van der Waals surface area contributed by atoms with E-state index in [1.807, 2.05) is 20.8 Å². The maximum absolute atomic E-state index is 12.0. The van der Waals surface area contributed by atoms with Crippen LogP contribution < -0.4 is 11.1 Å². The Kier molecular flexibility index (Phi) is 7.54. The van der Waals surface area contributed by atoms with Crippen molar-refractivity contribution in [1.82, 2.24) is 10.2 Å². The Morgan fingerprint density at radius 1 is 1.35 bits per heavy atom. The van der Waals surface area contributed by atoms with Gasteiger partial charge in [0.1, 0.15) is 0 Å². The summed E-state index contributed by atoms with van der Waals surface area (Å²) in [5.74, 6) is 0.0742. The van der Waals surface area contributed by atoms with Crippen molar-refractivity contribution in [3.05, 3.63) is 0 Å². The quantitative estimate of drug-likeness (QED) is 0.677. The lowest BCUT2D eigenvalue weighted by molar-refractivity contribution is -0.137. The number of rotatable bonds is 7. The van der Waals surface area contributed by atoms with Crippen molar-refractivity contribution in [2.24, 2.45) is 11.7 Å². The standard InChI is InChI=1S/C12H25N3O2/c1-5-6-15(8-11(16)14-4)12(17)10(13)7-9(2)3/h9-10H,5-8,13H2,1-4H3,(H,14,16). The van der Waals surface area contributed by atoms with Crippen LogP contribution in [0.3, 0.4) is 0 Å². The van der Waals surface area contributed by atoms with Gasteiger partial charge in [0.2, 0.25) is 11.8 Å². The zero-order chi connectivity index (χ0) is 13.4. The number of carbonyl (C=O) groups is 2. The van der Waals surface area contributed by atoms with Gasteiger partial charge in [0.25, 0.3) is 0 Å². The molecule has 0 aromatic rings. The molecule has 0 aliphatic rings. The Bertz CT molecular complexity index is 254. The van der Waals surface area contributed by atoms with Crippen LogP contribution in [0.5, 0.6) is 0 Å². The monoisotopic (exact) mass is 243 g/mol. The van der Waals surface area contributed by atoms with Gasteiger partial charge < -0.3 is 16.0 Å². The predicted octanol–water partition coefficient (Wildman–Crippen LogP) is 0.344. The fourth-order valence-corrected chi connectivity index (χ4v) is 1.63. The summed E-state index contributed by atoms with van der Waals surface area (Å²) in [4.78, 5) is 24.9. The van der Waals surface area contributed by atoms with Crippen LogP contribution in [0.1, 0.15) is 33.6 Å². The fraction of sp³-hybridized carbons (Fsp3) is 0.833. The molecule has 0 aromatic carbocycles. The van der Waals surface area contributed by atoms with Gasteiger partial charge in [-0.25, -0.2) is 0 Å². The minimum absolute atomic E-state index is 0.0922. The van der Waals surface area contributed by atoms with Crippen molar-refractivity contribution < 1.29 is 9.59 Å². The molecule has 5 heteroatoms. The maximum Gasteiger partial charge on any atom is 0.239 e. The van der Waals surface area contributed by atoms with E-state index in [4.69, 9.17) is 5.73 Å². The summed E-state index contributed by atoms with van der Waals surface area (Å²) in [5.41, 5.74) is 5.84. The van der Waals surface area contributed by atoms with Crippen molar-refractivity contribution >= 4 is 11.8 Å². The normalized spacial score (nSPS) is 12.4. The molecule has 1 unspecified atom stereocenters. The topological polar surface area (TPSA) is 75.4 Å². The molecule has 0 radical (unpaired) electrons. The average molecular weight is 243 g/mol. The Labute approximate surface area is 104 Å². The molecule has 0 saturated heterocycles. The highest BCUT2D eigenvalue weighted by Crippen LogP contribution is 2.06. The van der Waals surface area contributed by atoms with Crippen molar-refractivity contribution in [3.8, 4) is 0 Å². The van der Waals surface area contributed by atoms with Gasteiger partial charge in [0, 0.05) is 13.6 Å². The first-order valence-electron chi connectivity index (χ1n) is 6.17. The van der Waals surface area contributed by atoms with Gasteiger partial charge in [-0.15, -0.1) is 0 Å². The highest BCUT2D eigenvalue weighted by Gasteiger charge is 2.22. The van der Waals surface area contributed by atoms with Crippen molar-refractivity contribution in [2.75, 3.05) is 20.1 Å². The summed E-state index contributed by atoms with van der Waals surface area (Å²) < 4.78 is 0. The van der Waals surface area contributed by atoms with Crippen LogP contribution >= 0.6 is 0 Å². The van der Waals surface area contributed by atoms with Crippen molar-refractivity contribution in [1.29, 1.82) is 0 Å². The molecule has 5 nitrogen and oxygen atoms in total. The van der Waals surface area contributed by atoms with Crippen molar-refractivity contribution in [2.45, 2.75) is 39.7 Å². The van der Waals surface area contributed by atoms with Gasteiger partial charge in [-0.05, 0) is 18.8 Å². The molecule has 0 fully saturated rings. The van der Waals surface area contributed by atoms with Crippen LogP contribution in [0.4, 0.5) is 0 Å². The van der Waals surface area contributed by atoms with Gasteiger partial charge in [0.05, 0.1) is 12.6 Å². The molecule has 0 saturated carbocycles. The Hall–Kier alpha value is -1.10. The molecule has 1 atom stereocenters. The first kappa shape index (κ1) is 15.9. The zero-order valence-electron chi connectivity index (χ0n) is 11.3. The van der Waals surface area contributed by atoms with E-state index in [1.54, 1.807) is 7.05 Å². The minimum Gasteiger partial charge on any atom is -0.358 e. The number of carbonyl (C=O) groups excluding carboxylic acids is 2. The molecule has 100 valence electrons. The predicted molar refractivity (Wildman–Crippen MR) is 68.4 cm³/mol. The van der Waals surface area contributed by atoms with Crippen LogP contribution in [0.25, 0.3) is 0 Å². The number of amides is 2. The van der Waals surface area contributed by atoms with E-state index in [0.29, 0.717) is 18.9 Å². The molecule has 0 aromatic heterocycles. The van der Waals surface area contributed by atoms with E-state index < -0.39 is 6.04 Å². The highest BCUT2D eigenvalue weighted by atomic mass is 16.2. The largest absolute Gasteiger partial charge is 0.358 e. The van der Waals surface area contributed by atoms with E-state index in [2.05, 4.69) is 5.32 Å². The lowest BCUT2D eigenvalue weighted by atomic mass is 10.0. The molecule has 0 heterocycles. The first-order valence-corrected chi connectivity index (χ1v) is 6.17. The second kappa shape index (κ2) is 8.06. The Balaban J connectivity index is 4.46. The third-order valence-electron chi connectivity index (χ3n) is 2.46. The summed E-state index contributed by atoms with van der Waals surface area (Å²) in [7, 11) is 1.56. The van der Waals surface area contributed by atoms with Crippen LogP contribution in [-0.2, 0) is 9.59 Å². The zero-order valence-corrected chi connectivity index (χ0v) is 11.3. The summed E-state index contributed by atoms with van der Waals surface area (Å²) in [6, 6.07) is -0.508. The fourth-order valence-electron chi connectivity index (χ4n) is 1.63. The maximum atomic E-state index is 12.0. The van der Waals surface area contributed by atoms with Crippen LogP contribution in [0.15, 0.2) is 0 Å². The lowest BCUT2D eigenvalue weighted by Crippen LogP contribution is -2.48. The van der Waals surface area contributed by atoms with Crippen molar-refractivity contribution in [3.63, 3.8) is 0 Å². The number of nitrogens with two attached hydrogens (primary N) is 1. The molecule has 0 bridgehead atoms. The van der Waals surface area contributed by atoms with E-state index in [9.17, 15) is 9.59 Å². The minimum atomic E-state index is -0.508. The molecule has 17 heavy (non-hydrogen) atoms. The molecule has 2 amide bonds. The van der Waals surface area contributed by atoms with Gasteiger partial charge in [-0.1, -0.05) is 20.8 Å². The smallest absolute Gasteiger partial charge is 0.239 e. The van der Waals surface area contributed by atoms with E-state index in [0.717, 1.165) is 6.42 Å².